The molecule has 184 valence electrons. The van der Waals surface area contributed by atoms with Crippen molar-refractivity contribution in [2.75, 3.05) is 36.8 Å². The molecule has 0 aliphatic carbocycles. The van der Waals surface area contributed by atoms with Gasteiger partial charge in [0, 0.05) is 63.1 Å². The summed E-state index contributed by atoms with van der Waals surface area (Å²) in [4.78, 5) is 34.1. The van der Waals surface area contributed by atoms with Crippen LogP contribution in [0.4, 0.5) is 10.1 Å². The van der Waals surface area contributed by atoms with E-state index in [0.717, 1.165) is 11.3 Å². The summed E-state index contributed by atoms with van der Waals surface area (Å²) < 4.78 is 15.6. The number of piperazine rings is 1. The Bertz CT molecular complexity index is 1220. The first-order chi connectivity index (χ1) is 16.9. The number of carbonyl (C=O) groups is 1. The predicted octanol–water partition coefficient (Wildman–Crippen LogP) is 4.04. The van der Waals surface area contributed by atoms with E-state index in [0.29, 0.717) is 67.6 Å². The molecule has 1 aliphatic heterocycles. The molecule has 1 fully saturated rings. The van der Waals surface area contributed by atoms with Crippen LogP contribution in [0.5, 0.6) is 0 Å². The van der Waals surface area contributed by atoms with Crippen LogP contribution < -0.4 is 10.5 Å². The van der Waals surface area contributed by atoms with Crippen LogP contribution in [-0.2, 0) is 18.3 Å². The molecule has 1 saturated heterocycles. The van der Waals surface area contributed by atoms with Crippen molar-refractivity contribution < 1.29 is 9.18 Å². The van der Waals surface area contributed by atoms with Gasteiger partial charge in [0.2, 0.25) is 5.91 Å². The number of thioether (sulfide) groups is 1. The van der Waals surface area contributed by atoms with Gasteiger partial charge in [-0.25, -0.2) is 9.37 Å². The van der Waals surface area contributed by atoms with E-state index in [1.807, 2.05) is 53.1 Å². The third-order valence-corrected chi connectivity index (χ3v) is 7.48. The summed E-state index contributed by atoms with van der Waals surface area (Å²) in [6.45, 7) is 4.33. The summed E-state index contributed by atoms with van der Waals surface area (Å²) in [6.07, 6.45) is 1.72. The highest BCUT2D eigenvalue weighted by Crippen LogP contribution is 2.21. The minimum absolute atomic E-state index is 0.0207. The van der Waals surface area contributed by atoms with Gasteiger partial charge in [-0.15, -0.1) is 0 Å². The van der Waals surface area contributed by atoms with Gasteiger partial charge in [0.25, 0.3) is 5.56 Å². The number of carbonyl (C=O) groups excluding carboxylic acids is 1. The van der Waals surface area contributed by atoms with Crippen LogP contribution in [0, 0.1) is 12.7 Å². The standard InChI is InChI=1S/C27H31FN4O2S/c1-20-22(19-21-9-4-3-5-10-21)26(34)30(2)27(29-20)35-18-8-13-25(33)32-16-14-31(15-17-32)24-12-7-6-11-23(24)28/h3-7,9-12H,8,13-19H2,1-2H3. The molecule has 0 saturated carbocycles. The molecule has 1 aliphatic rings. The molecule has 2 heterocycles. The first kappa shape index (κ1) is 25.0. The number of anilines is 1. The highest BCUT2D eigenvalue weighted by atomic mass is 32.2. The second-order valence-electron chi connectivity index (χ2n) is 8.76. The number of aryl methyl sites for hydroxylation is 1. The molecule has 2 aromatic carbocycles. The Morgan fingerprint density at radius 1 is 1.03 bits per heavy atom. The molecular formula is C27H31FN4O2S. The summed E-state index contributed by atoms with van der Waals surface area (Å²) in [6, 6.07) is 16.7. The summed E-state index contributed by atoms with van der Waals surface area (Å²) in [5, 5.41) is 0.676. The van der Waals surface area contributed by atoms with Gasteiger partial charge in [0.15, 0.2) is 5.16 Å². The lowest BCUT2D eigenvalue weighted by molar-refractivity contribution is -0.131. The van der Waals surface area contributed by atoms with E-state index in [1.54, 1.807) is 23.7 Å². The van der Waals surface area contributed by atoms with Crippen molar-refractivity contribution in [3.8, 4) is 0 Å². The molecule has 1 aromatic heterocycles. The van der Waals surface area contributed by atoms with E-state index in [-0.39, 0.29) is 17.3 Å². The van der Waals surface area contributed by atoms with Gasteiger partial charge in [0.05, 0.1) is 5.69 Å². The van der Waals surface area contributed by atoms with Crippen molar-refractivity contribution in [1.29, 1.82) is 0 Å². The highest BCUT2D eigenvalue weighted by Gasteiger charge is 2.22. The number of aromatic nitrogens is 2. The van der Waals surface area contributed by atoms with Crippen LogP contribution in [-0.4, -0.2) is 52.3 Å². The molecule has 0 radical (unpaired) electrons. The maximum Gasteiger partial charge on any atom is 0.257 e. The lowest BCUT2D eigenvalue weighted by Crippen LogP contribution is -2.49. The van der Waals surface area contributed by atoms with E-state index in [1.165, 1.54) is 17.8 Å². The van der Waals surface area contributed by atoms with Gasteiger partial charge in [-0.05, 0) is 31.0 Å². The molecule has 0 atom stereocenters. The van der Waals surface area contributed by atoms with Crippen LogP contribution in [0.1, 0.15) is 29.7 Å². The molecule has 1 amide bonds. The van der Waals surface area contributed by atoms with Gasteiger partial charge in [-0.1, -0.05) is 54.2 Å². The van der Waals surface area contributed by atoms with Crippen molar-refractivity contribution in [2.45, 2.75) is 31.3 Å². The zero-order valence-electron chi connectivity index (χ0n) is 20.2. The van der Waals surface area contributed by atoms with Crippen LogP contribution in [0.3, 0.4) is 0 Å². The Hall–Kier alpha value is -3.13. The van der Waals surface area contributed by atoms with Gasteiger partial charge in [-0.2, -0.15) is 0 Å². The Balaban J connectivity index is 1.25. The number of para-hydroxylation sites is 1. The van der Waals surface area contributed by atoms with Crippen molar-refractivity contribution in [1.82, 2.24) is 14.5 Å². The molecule has 0 N–H and O–H groups in total. The Labute approximate surface area is 209 Å². The Morgan fingerprint density at radius 3 is 2.43 bits per heavy atom. The maximum atomic E-state index is 14.0. The normalized spacial score (nSPS) is 13.8. The molecule has 0 bridgehead atoms. The monoisotopic (exact) mass is 494 g/mol. The second-order valence-corrected chi connectivity index (χ2v) is 9.82. The average molecular weight is 495 g/mol. The molecular weight excluding hydrogens is 463 g/mol. The zero-order chi connectivity index (χ0) is 24.8. The molecule has 0 spiro atoms. The number of hydrogen-bond donors (Lipinski definition) is 0. The number of amides is 1. The topological polar surface area (TPSA) is 58.4 Å². The van der Waals surface area contributed by atoms with Crippen LogP contribution in [0.25, 0.3) is 0 Å². The summed E-state index contributed by atoms with van der Waals surface area (Å²) in [5.41, 5.74) is 3.13. The van der Waals surface area contributed by atoms with Gasteiger partial charge < -0.3 is 9.80 Å². The number of benzene rings is 2. The Kier molecular flexibility index (Phi) is 8.23. The number of rotatable bonds is 8. The van der Waals surface area contributed by atoms with Crippen molar-refractivity contribution in [2.24, 2.45) is 7.05 Å². The van der Waals surface area contributed by atoms with Gasteiger partial charge in [0.1, 0.15) is 5.82 Å². The third kappa shape index (κ3) is 6.11. The largest absolute Gasteiger partial charge is 0.366 e. The smallest absolute Gasteiger partial charge is 0.257 e. The number of halogens is 1. The van der Waals surface area contributed by atoms with Crippen molar-refractivity contribution in [3.63, 3.8) is 0 Å². The van der Waals surface area contributed by atoms with Crippen molar-refractivity contribution >= 4 is 23.4 Å². The van der Waals surface area contributed by atoms with Crippen LogP contribution >= 0.6 is 11.8 Å². The molecule has 0 unspecified atom stereocenters. The first-order valence-electron chi connectivity index (χ1n) is 11.9. The highest BCUT2D eigenvalue weighted by molar-refractivity contribution is 7.99. The van der Waals surface area contributed by atoms with Gasteiger partial charge in [-0.3, -0.25) is 14.2 Å². The molecule has 35 heavy (non-hydrogen) atoms. The SMILES string of the molecule is Cc1nc(SCCCC(=O)N2CCN(c3ccccc3F)CC2)n(C)c(=O)c1Cc1ccccc1. The van der Waals surface area contributed by atoms with E-state index in [2.05, 4.69) is 4.98 Å². The summed E-state index contributed by atoms with van der Waals surface area (Å²) in [7, 11) is 1.76. The first-order valence-corrected chi connectivity index (χ1v) is 12.9. The van der Waals surface area contributed by atoms with Crippen molar-refractivity contribution in [3.05, 3.63) is 87.6 Å². The third-order valence-electron chi connectivity index (χ3n) is 6.37. The quantitative estimate of drug-likeness (QED) is 0.269. The lowest BCUT2D eigenvalue weighted by Gasteiger charge is -2.36. The van der Waals surface area contributed by atoms with E-state index < -0.39 is 0 Å². The lowest BCUT2D eigenvalue weighted by atomic mass is 10.1. The Morgan fingerprint density at radius 2 is 1.71 bits per heavy atom. The second kappa shape index (κ2) is 11.5. The number of hydrogen-bond acceptors (Lipinski definition) is 5. The molecule has 8 heteroatoms. The molecule has 3 aromatic rings. The van der Waals surface area contributed by atoms with Gasteiger partial charge >= 0.3 is 0 Å². The van der Waals surface area contributed by atoms with E-state index >= 15 is 0 Å². The predicted molar refractivity (Wildman–Crippen MR) is 139 cm³/mol. The summed E-state index contributed by atoms with van der Waals surface area (Å²) in [5.74, 6) is 0.601. The molecule has 4 rings (SSSR count). The average Bonchev–Trinajstić information content (AvgIpc) is 2.88. The minimum Gasteiger partial charge on any atom is -0.366 e. The zero-order valence-corrected chi connectivity index (χ0v) is 21.1. The van der Waals surface area contributed by atoms with E-state index in [9.17, 15) is 14.0 Å². The molecule has 6 nitrogen and oxygen atoms in total. The fourth-order valence-corrected chi connectivity index (χ4v) is 5.26. The van der Waals surface area contributed by atoms with Crippen LogP contribution in [0.15, 0.2) is 64.5 Å². The number of nitrogens with zero attached hydrogens (tertiary/aromatic N) is 4. The maximum absolute atomic E-state index is 14.0. The fraction of sp³-hybridized carbons (Fsp3) is 0.370. The van der Waals surface area contributed by atoms with Crippen LogP contribution in [0.2, 0.25) is 0 Å². The minimum atomic E-state index is -0.226. The van der Waals surface area contributed by atoms with E-state index in [4.69, 9.17) is 0 Å². The fourth-order valence-electron chi connectivity index (χ4n) is 4.31. The summed E-state index contributed by atoms with van der Waals surface area (Å²) >= 11 is 1.51.